The predicted molar refractivity (Wildman–Crippen MR) is 84.4 cm³/mol. The summed E-state index contributed by atoms with van der Waals surface area (Å²) in [5, 5.41) is 7.32. The van der Waals surface area contributed by atoms with Crippen LogP contribution < -0.4 is 5.32 Å². The molecule has 0 radical (unpaired) electrons. The number of aromatic nitrogens is 2. The van der Waals surface area contributed by atoms with Crippen LogP contribution in [0.2, 0.25) is 0 Å². The lowest BCUT2D eigenvalue weighted by molar-refractivity contribution is 0.0506. The summed E-state index contributed by atoms with van der Waals surface area (Å²) in [6, 6.07) is 2.19. The standard InChI is InChI=1S/C17H23N3O2/c1-16(2,3)22-15(21)19-17(9-10-17)13-5-7-14(8-6-13)20-12-4-11-18-20/h4-7,11-12,14H,8-10H2,1-3H3,(H,19,21). The van der Waals surface area contributed by atoms with E-state index in [9.17, 15) is 4.79 Å². The number of rotatable bonds is 3. The van der Waals surface area contributed by atoms with E-state index in [0.717, 1.165) is 19.3 Å². The maximum atomic E-state index is 12.0. The second kappa shape index (κ2) is 5.30. The van der Waals surface area contributed by atoms with E-state index in [2.05, 4.69) is 28.6 Å². The molecule has 0 aromatic carbocycles. The van der Waals surface area contributed by atoms with Gasteiger partial charge in [-0.05, 0) is 51.7 Å². The minimum absolute atomic E-state index is 0.228. The molecule has 1 heterocycles. The SMILES string of the molecule is CC(C)(C)OC(=O)NC1(C2=CCC(n3cccn3)C=C2)CC1. The summed E-state index contributed by atoms with van der Waals surface area (Å²) in [5.74, 6) is 0. The van der Waals surface area contributed by atoms with Gasteiger partial charge in [-0.2, -0.15) is 5.10 Å². The van der Waals surface area contributed by atoms with E-state index in [1.807, 2.05) is 37.7 Å². The highest BCUT2D eigenvalue weighted by Crippen LogP contribution is 2.44. The topological polar surface area (TPSA) is 56.1 Å². The number of allylic oxidation sites excluding steroid dienone is 2. The summed E-state index contributed by atoms with van der Waals surface area (Å²) < 4.78 is 7.32. The van der Waals surface area contributed by atoms with Gasteiger partial charge in [0.05, 0.1) is 11.6 Å². The van der Waals surface area contributed by atoms with Crippen molar-refractivity contribution in [2.24, 2.45) is 0 Å². The molecule has 1 unspecified atom stereocenters. The van der Waals surface area contributed by atoms with Crippen LogP contribution in [0.1, 0.15) is 46.1 Å². The quantitative estimate of drug-likeness (QED) is 0.931. The third-order valence-corrected chi connectivity index (χ3v) is 3.98. The Bertz CT molecular complexity index is 604. The number of carbonyl (C=O) groups excluding carboxylic acids is 1. The lowest BCUT2D eigenvalue weighted by atomic mass is 9.96. The smallest absolute Gasteiger partial charge is 0.408 e. The highest BCUT2D eigenvalue weighted by atomic mass is 16.6. The molecule has 1 N–H and O–H groups in total. The van der Waals surface area contributed by atoms with Crippen LogP contribution in [0.15, 0.2) is 42.3 Å². The summed E-state index contributed by atoms with van der Waals surface area (Å²) in [6.07, 6.45) is 12.7. The average molecular weight is 301 g/mol. The van der Waals surface area contributed by atoms with Crippen molar-refractivity contribution in [3.8, 4) is 0 Å². The molecule has 0 saturated heterocycles. The average Bonchev–Trinajstić information content (AvgIpc) is 3.01. The van der Waals surface area contributed by atoms with Crippen molar-refractivity contribution in [1.29, 1.82) is 0 Å². The third-order valence-electron chi connectivity index (χ3n) is 3.98. The molecule has 0 aliphatic heterocycles. The maximum absolute atomic E-state index is 12.0. The fourth-order valence-corrected chi connectivity index (χ4v) is 2.75. The predicted octanol–water partition coefficient (Wildman–Crippen LogP) is 3.37. The van der Waals surface area contributed by atoms with E-state index in [1.165, 1.54) is 5.57 Å². The van der Waals surface area contributed by atoms with Gasteiger partial charge in [-0.15, -0.1) is 0 Å². The van der Waals surface area contributed by atoms with Crippen LogP contribution in [-0.4, -0.2) is 27.0 Å². The number of ether oxygens (including phenoxy) is 1. The molecule has 22 heavy (non-hydrogen) atoms. The van der Waals surface area contributed by atoms with Crippen LogP contribution in [0.3, 0.4) is 0 Å². The highest BCUT2D eigenvalue weighted by molar-refractivity contribution is 5.71. The number of hydrogen-bond acceptors (Lipinski definition) is 3. The molecule has 2 aliphatic carbocycles. The van der Waals surface area contributed by atoms with Gasteiger partial charge in [-0.1, -0.05) is 18.2 Å². The maximum Gasteiger partial charge on any atom is 0.408 e. The Morgan fingerprint density at radius 1 is 1.45 bits per heavy atom. The Morgan fingerprint density at radius 2 is 2.23 bits per heavy atom. The third kappa shape index (κ3) is 3.24. The van der Waals surface area contributed by atoms with Gasteiger partial charge < -0.3 is 10.1 Å². The van der Waals surface area contributed by atoms with E-state index in [1.54, 1.807) is 6.20 Å². The van der Waals surface area contributed by atoms with Gasteiger partial charge in [0.2, 0.25) is 0 Å². The normalized spacial score (nSPS) is 22.9. The second-order valence-corrected chi connectivity index (χ2v) is 7.02. The molecular formula is C17H23N3O2. The zero-order valence-electron chi connectivity index (χ0n) is 13.4. The summed E-state index contributed by atoms with van der Waals surface area (Å²) in [7, 11) is 0. The van der Waals surface area contributed by atoms with Crippen molar-refractivity contribution >= 4 is 6.09 Å². The fraction of sp³-hybridized carbons (Fsp3) is 0.529. The molecule has 1 aromatic heterocycles. The van der Waals surface area contributed by atoms with Crippen molar-refractivity contribution in [3.05, 3.63) is 42.3 Å². The molecule has 5 nitrogen and oxygen atoms in total. The Morgan fingerprint density at radius 3 is 2.73 bits per heavy atom. The molecule has 1 aromatic rings. The Hall–Kier alpha value is -2.04. The van der Waals surface area contributed by atoms with Crippen molar-refractivity contribution in [3.63, 3.8) is 0 Å². The first-order valence-electron chi connectivity index (χ1n) is 7.77. The number of carbonyl (C=O) groups is 1. The first-order valence-corrected chi connectivity index (χ1v) is 7.77. The summed E-state index contributed by atoms with van der Waals surface area (Å²) >= 11 is 0. The van der Waals surface area contributed by atoms with E-state index in [0.29, 0.717) is 0 Å². The molecule has 0 spiro atoms. The molecule has 3 rings (SSSR count). The number of nitrogens with zero attached hydrogens (tertiary/aromatic N) is 2. The zero-order chi connectivity index (χ0) is 15.8. The molecule has 1 atom stereocenters. The molecule has 0 bridgehead atoms. The van der Waals surface area contributed by atoms with E-state index >= 15 is 0 Å². The summed E-state index contributed by atoms with van der Waals surface area (Å²) in [6.45, 7) is 5.63. The van der Waals surface area contributed by atoms with Crippen LogP contribution in [0, 0.1) is 0 Å². The van der Waals surface area contributed by atoms with E-state index in [-0.39, 0.29) is 17.7 Å². The number of hydrogen-bond donors (Lipinski definition) is 1. The van der Waals surface area contributed by atoms with Crippen LogP contribution in [0.25, 0.3) is 0 Å². The number of amides is 1. The molecule has 1 saturated carbocycles. The molecule has 5 heteroatoms. The van der Waals surface area contributed by atoms with Crippen molar-refractivity contribution in [1.82, 2.24) is 15.1 Å². The Labute approximate surface area is 131 Å². The van der Waals surface area contributed by atoms with Gasteiger partial charge in [0.15, 0.2) is 0 Å². The molecule has 1 amide bonds. The first-order chi connectivity index (χ1) is 10.4. The fourth-order valence-electron chi connectivity index (χ4n) is 2.75. The summed E-state index contributed by atoms with van der Waals surface area (Å²) in [5.41, 5.74) is 0.484. The lowest BCUT2D eigenvalue weighted by Gasteiger charge is -2.26. The highest BCUT2D eigenvalue weighted by Gasteiger charge is 2.47. The van der Waals surface area contributed by atoms with Crippen molar-refractivity contribution in [2.75, 3.05) is 0 Å². The second-order valence-electron chi connectivity index (χ2n) is 7.02. The van der Waals surface area contributed by atoms with Gasteiger partial charge in [0, 0.05) is 12.4 Å². The minimum Gasteiger partial charge on any atom is -0.444 e. The first kappa shape index (κ1) is 14.9. The molecule has 1 fully saturated rings. The van der Waals surface area contributed by atoms with Crippen LogP contribution in [-0.2, 0) is 4.74 Å². The molecule has 2 aliphatic rings. The monoisotopic (exact) mass is 301 g/mol. The lowest BCUT2D eigenvalue weighted by Crippen LogP contribution is -2.41. The number of nitrogens with one attached hydrogen (secondary N) is 1. The van der Waals surface area contributed by atoms with Crippen LogP contribution in [0.4, 0.5) is 4.79 Å². The molecular weight excluding hydrogens is 278 g/mol. The van der Waals surface area contributed by atoms with Crippen molar-refractivity contribution < 1.29 is 9.53 Å². The Balaban J connectivity index is 1.63. The molecule has 118 valence electrons. The van der Waals surface area contributed by atoms with Gasteiger partial charge in [-0.3, -0.25) is 4.68 Å². The van der Waals surface area contributed by atoms with Gasteiger partial charge in [-0.25, -0.2) is 4.79 Å². The van der Waals surface area contributed by atoms with Gasteiger partial charge >= 0.3 is 6.09 Å². The van der Waals surface area contributed by atoms with E-state index < -0.39 is 5.60 Å². The van der Waals surface area contributed by atoms with Crippen molar-refractivity contribution in [2.45, 2.75) is 57.2 Å². The largest absolute Gasteiger partial charge is 0.444 e. The van der Waals surface area contributed by atoms with E-state index in [4.69, 9.17) is 4.74 Å². The minimum atomic E-state index is -0.470. The van der Waals surface area contributed by atoms with Gasteiger partial charge in [0.1, 0.15) is 5.60 Å². The van der Waals surface area contributed by atoms with Crippen LogP contribution in [0.5, 0.6) is 0 Å². The Kier molecular flexibility index (Phi) is 3.59. The van der Waals surface area contributed by atoms with Crippen LogP contribution >= 0.6 is 0 Å². The zero-order valence-corrected chi connectivity index (χ0v) is 13.4. The summed E-state index contributed by atoms with van der Waals surface area (Å²) in [4.78, 5) is 12.0. The van der Waals surface area contributed by atoms with Gasteiger partial charge in [0.25, 0.3) is 0 Å². The number of alkyl carbamates (subject to hydrolysis) is 1.